The molecule has 19 heavy (non-hydrogen) atoms. The molecule has 0 aromatic carbocycles. The third-order valence-electron chi connectivity index (χ3n) is 2.74. The Bertz CT molecular complexity index is 207. The summed E-state index contributed by atoms with van der Waals surface area (Å²) in [6.07, 6.45) is 4.06. The van der Waals surface area contributed by atoms with E-state index in [1.807, 2.05) is 0 Å². The normalized spacial score (nSPS) is 18.6. The second-order valence-electron chi connectivity index (χ2n) is 7.11. The molecule has 1 rings (SSSR count). The van der Waals surface area contributed by atoms with Crippen LogP contribution in [0.5, 0.6) is 0 Å². The van der Waals surface area contributed by atoms with E-state index >= 15 is 0 Å². The van der Waals surface area contributed by atoms with Gasteiger partial charge in [-0.2, -0.15) is 8.40 Å². The zero-order chi connectivity index (χ0) is 12.4. The Labute approximate surface area is 139 Å². The number of hydrogen-bond donors (Lipinski definition) is 0. The summed E-state index contributed by atoms with van der Waals surface area (Å²) in [5.74, 6) is 0. The zero-order valence-corrected chi connectivity index (χ0v) is 17.0. The molecule has 0 spiro atoms. The summed E-state index contributed by atoms with van der Waals surface area (Å²) in [5, 5.41) is 0. The Morgan fingerprint density at radius 1 is 0.684 bits per heavy atom. The van der Waals surface area contributed by atoms with Gasteiger partial charge in [-0.1, -0.05) is 72.9 Å². The minimum absolute atomic E-state index is 0. The van der Waals surface area contributed by atoms with Gasteiger partial charge in [-0.25, -0.2) is 0 Å². The van der Waals surface area contributed by atoms with Crippen LogP contribution in [0, 0.1) is 14.9 Å². The van der Waals surface area contributed by atoms with E-state index in [1.54, 1.807) is 0 Å². The average molecular weight is 318 g/mol. The Morgan fingerprint density at radius 2 is 1.00 bits per heavy atom. The molecule has 0 amide bonds. The monoisotopic (exact) mass is 318 g/mol. The molecule has 0 radical (unpaired) electrons. The van der Waals surface area contributed by atoms with Gasteiger partial charge in [-0.05, 0) is 0 Å². The summed E-state index contributed by atoms with van der Waals surface area (Å²) in [7, 11) is -1.70. The third kappa shape index (κ3) is 10.3. The van der Waals surface area contributed by atoms with Crippen molar-refractivity contribution in [3.63, 3.8) is 0 Å². The van der Waals surface area contributed by atoms with Crippen molar-refractivity contribution in [1.29, 1.82) is 0 Å². The standard InChI is InChI=1S/C13H28N2Si.2CH3.Ti/c1-12(2,3)14-16(15-13(4,5)6)10-8-7-9-11-16;;;/h7-11H2,1-6H3;2*1H3;/q-2;2*-1;+4. The molecule has 1 aliphatic rings. The molecule has 2 nitrogen and oxygen atoms in total. The average Bonchev–Trinajstić information content (AvgIpc) is 1.97. The quantitative estimate of drug-likeness (QED) is 0.451. The zero-order valence-electron chi connectivity index (χ0n) is 14.4. The van der Waals surface area contributed by atoms with Gasteiger partial charge in [0.1, 0.15) is 0 Å². The van der Waals surface area contributed by atoms with E-state index in [1.165, 1.54) is 31.4 Å². The van der Waals surface area contributed by atoms with Crippen LogP contribution in [0.1, 0.15) is 60.8 Å². The summed E-state index contributed by atoms with van der Waals surface area (Å²) in [6.45, 7) is 13.3. The number of nitrogens with zero attached hydrogens (tertiary/aromatic N) is 2. The van der Waals surface area contributed by atoms with Gasteiger partial charge < -0.3 is 24.8 Å². The Hall–Kier alpha value is 0.851. The van der Waals surface area contributed by atoms with Crippen LogP contribution in [0.4, 0.5) is 0 Å². The van der Waals surface area contributed by atoms with Crippen molar-refractivity contribution in [2.24, 2.45) is 0 Å². The first kappa shape index (κ1) is 24.8. The van der Waals surface area contributed by atoms with Crippen molar-refractivity contribution in [3.8, 4) is 0 Å². The maximum atomic E-state index is 5.16. The van der Waals surface area contributed by atoms with E-state index in [9.17, 15) is 0 Å². The van der Waals surface area contributed by atoms with Crippen LogP contribution in [0.15, 0.2) is 0 Å². The van der Waals surface area contributed by atoms with Gasteiger partial charge in [0.2, 0.25) is 0 Å². The molecule has 0 saturated carbocycles. The van der Waals surface area contributed by atoms with Gasteiger partial charge >= 0.3 is 21.7 Å². The predicted octanol–water partition coefficient (Wildman–Crippen LogP) is 5.85. The molecular weight excluding hydrogens is 284 g/mol. The van der Waals surface area contributed by atoms with Crippen molar-refractivity contribution in [3.05, 3.63) is 24.8 Å². The van der Waals surface area contributed by atoms with E-state index in [2.05, 4.69) is 41.5 Å². The fourth-order valence-corrected chi connectivity index (χ4v) is 7.49. The molecule has 0 N–H and O–H groups in total. The molecule has 0 aromatic heterocycles. The minimum atomic E-state index is -1.70. The fourth-order valence-electron chi connectivity index (χ4n) is 2.62. The van der Waals surface area contributed by atoms with E-state index in [-0.39, 0.29) is 47.6 Å². The molecule has 0 bridgehead atoms. The van der Waals surface area contributed by atoms with Crippen molar-refractivity contribution in [2.45, 2.75) is 84.0 Å². The molecule has 0 atom stereocenters. The van der Waals surface area contributed by atoms with E-state index in [0.717, 1.165) is 0 Å². The number of hydrogen-bond acceptors (Lipinski definition) is 0. The van der Waals surface area contributed by atoms with E-state index in [4.69, 9.17) is 9.96 Å². The second kappa shape index (κ2) is 8.99. The van der Waals surface area contributed by atoms with Crippen molar-refractivity contribution >= 4 is 8.40 Å². The number of rotatable bonds is 2. The van der Waals surface area contributed by atoms with Crippen LogP contribution in [0.25, 0.3) is 9.96 Å². The summed E-state index contributed by atoms with van der Waals surface area (Å²) >= 11 is 0. The molecule has 4 heteroatoms. The minimum Gasteiger partial charge on any atom is -0.675 e. The molecule has 0 unspecified atom stereocenters. The largest absolute Gasteiger partial charge is 4.00 e. The van der Waals surface area contributed by atoms with Crippen LogP contribution in [-0.4, -0.2) is 19.5 Å². The van der Waals surface area contributed by atoms with Gasteiger partial charge in [0.05, 0.1) is 0 Å². The third-order valence-corrected chi connectivity index (χ3v) is 7.22. The van der Waals surface area contributed by atoms with Gasteiger partial charge in [-0.3, -0.25) is 0 Å². The molecule has 112 valence electrons. The summed E-state index contributed by atoms with van der Waals surface area (Å²) < 4.78 is 0. The summed E-state index contributed by atoms with van der Waals surface area (Å²) in [5.41, 5.74) is 0.163. The smallest absolute Gasteiger partial charge is 0.675 e. The van der Waals surface area contributed by atoms with Crippen LogP contribution in [0.2, 0.25) is 12.1 Å². The molecule has 1 saturated heterocycles. The van der Waals surface area contributed by atoms with Crippen LogP contribution in [-0.2, 0) is 21.7 Å². The van der Waals surface area contributed by atoms with E-state index < -0.39 is 8.40 Å². The fraction of sp³-hybridized carbons (Fsp3) is 0.867. The SMILES string of the molecule is CC(C)(C)[N-][Si]1([N-]C(C)(C)C)CCCCC1.[CH3-].[CH3-].[Ti+4]. The van der Waals surface area contributed by atoms with Crippen molar-refractivity contribution in [2.75, 3.05) is 0 Å². The Balaban J connectivity index is -0.000000853. The second-order valence-corrected chi connectivity index (χ2v) is 10.5. The first-order chi connectivity index (χ1) is 7.12. The Kier molecular flexibility index (Phi) is 11.8. The van der Waals surface area contributed by atoms with Gasteiger partial charge in [0.25, 0.3) is 0 Å². The summed E-state index contributed by atoms with van der Waals surface area (Å²) in [4.78, 5) is 10.3. The van der Waals surface area contributed by atoms with Crippen LogP contribution >= 0.6 is 0 Å². The maximum Gasteiger partial charge on any atom is 4.00 e. The Morgan fingerprint density at radius 3 is 1.26 bits per heavy atom. The molecule has 1 aliphatic heterocycles. The first-order valence-corrected chi connectivity index (χ1v) is 8.91. The predicted molar refractivity (Wildman–Crippen MR) is 88.3 cm³/mol. The van der Waals surface area contributed by atoms with Crippen molar-refractivity contribution < 1.29 is 21.7 Å². The topological polar surface area (TPSA) is 28.2 Å². The maximum absolute atomic E-state index is 5.16. The van der Waals surface area contributed by atoms with Gasteiger partial charge in [0, 0.05) is 0 Å². The van der Waals surface area contributed by atoms with Crippen molar-refractivity contribution in [1.82, 2.24) is 0 Å². The van der Waals surface area contributed by atoms with Crippen LogP contribution in [0.3, 0.4) is 0 Å². The van der Waals surface area contributed by atoms with Gasteiger partial charge in [-0.15, -0.1) is 11.1 Å². The molecule has 0 aliphatic carbocycles. The molecule has 1 fully saturated rings. The summed E-state index contributed by atoms with van der Waals surface area (Å²) in [6, 6.07) is 2.56. The van der Waals surface area contributed by atoms with Crippen LogP contribution < -0.4 is 0 Å². The molecule has 1 heterocycles. The molecular formula is C15H34N2SiTi. The first-order valence-electron chi connectivity index (χ1n) is 6.60. The molecule has 0 aromatic rings. The van der Waals surface area contributed by atoms with E-state index in [0.29, 0.717) is 0 Å². The van der Waals surface area contributed by atoms with Gasteiger partial charge in [0.15, 0.2) is 0 Å².